The summed E-state index contributed by atoms with van der Waals surface area (Å²) in [5, 5.41) is 4.56. The van der Waals surface area contributed by atoms with Gasteiger partial charge in [0.05, 0.1) is 11.9 Å². The molecular weight excluding hydrogens is 314 g/mol. The van der Waals surface area contributed by atoms with Gasteiger partial charge in [0.2, 0.25) is 5.91 Å². The van der Waals surface area contributed by atoms with Crippen LogP contribution in [0.15, 0.2) is 55.6 Å². The van der Waals surface area contributed by atoms with Gasteiger partial charge in [-0.15, -0.1) is 0 Å². The molecule has 1 fully saturated rings. The minimum Gasteiger partial charge on any atom is -0.379 e. The van der Waals surface area contributed by atoms with E-state index in [1.165, 1.54) is 6.08 Å². The van der Waals surface area contributed by atoms with Crippen molar-refractivity contribution in [3.63, 3.8) is 0 Å². The number of H-pyrrole nitrogens is 1. The van der Waals surface area contributed by atoms with Crippen LogP contribution in [0, 0.1) is 0 Å². The number of hydrogen-bond donors (Lipinski definition) is 2. The lowest BCUT2D eigenvalue weighted by molar-refractivity contribution is -0.125. The lowest BCUT2D eigenvalue weighted by Crippen LogP contribution is -2.30. The third kappa shape index (κ3) is 2.98. The van der Waals surface area contributed by atoms with Crippen LogP contribution in [0.3, 0.4) is 0 Å². The van der Waals surface area contributed by atoms with Crippen molar-refractivity contribution in [1.29, 1.82) is 0 Å². The SMILES string of the molecule is C=CC(=O)N1CC[C@@H](Nc2cnc3[nH]cc(-c4ccncc4)c3c2)C1. The summed E-state index contributed by atoms with van der Waals surface area (Å²) in [6, 6.07) is 6.30. The van der Waals surface area contributed by atoms with Crippen molar-refractivity contribution < 1.29 is 4.79 Å². The predicted octanol–water partition coefficient (Wildman–Crippen LogP) is 2.82. The molecule has 3 aromatic heterocycles. The van der Waals surface area contributed by atoms with E-state index in [0.29, 0.717) is 6.54 Å². The maximum atomic E-state index is 11.7. The van der Waals surface area contributed by atoms with E-state index in [2.05, 4.69) is 32.9 Å². The van der Waals surface area contributed by atoms with Crippen molar-refractivity contribution in [2.75, 3.05) is 18.4 Å². The first-order valence-corrected chi connectivity index (χ1v) is 8.30. The Morgan fingerprint density at radius 3 is 3.04 bits per heavy atom. The topological polar surface area (TPSA) is 73.9 Å². The van der Waals surface area contributed by atoms with Gasteiger partial charge in [0.1, 0.15) is 5.65 Å². The van der Waals surface area contributed by atoms with E-state index < -0.39 is 0 Å². The first-order valence-electron chi connectivity index (χ1n) is 8.30. The van der Waals surface area contributed by atoms with Crippen LogP contribution in [0.5, 0.6) is 0 Å². The monoisotopic (exact) mass is 333 g/mol. The molecule has 0 bridgehead atoms. The van der Waals surface area contributed by atoms with Crippen molar-refractivity contribution in [3.05, 3.63) is 55.6 Å². The van der Waals surface area contributed by atoms with Gasteiger partial charge in [-0.3, -0.25) is 9.78 Å². The molecule has 25 heavy (non-hydrogen) atoms. The largest absolute Gasteiger partial charge is 0.379 e. The lowest BCUT2D eigenvalue weighted by Gasteiger charge is -2.16. The Bertz CT molecular complexity index is 918. The highest BCUT2D eigenvalue weighted by Gasteiger charge is 2.24. The van der Waals surface area contributed by atoms with E-state index in [0.717, 1.165) is 40.8 Å². The van der Waals surface area contributed by atoms with Crippen molar-refractivity contribution in [2.24, 2.45) is 0 Å². The Balaban J connectivity index is 1.57. The molecule has 1 atom stereocenters. The van der Waals surface area contributed by atoms with E-state index in [1.54, 1.807) is 12.4 Å². The number of fused-ring (bicyclic) bond motifs is 1. The Labute approximate surface area is 145 Å². The molecule has 0 unspecified atom stereocenters. The van der Waals surface area contributed by atoms with Crippen LogP contribution < -0.4 is 5.32 Å². The molecule has 3 aromatic rings. The van der Waals surface area contributed by atoms with E-state index in [-0.39, 0.29) is 11.9 Å². The number of carbonyl (C=O) groups excluding carboxylic acids is 1. The second kappa shape index (κ2) is 6.39. The number of amides is 1. The third-order valence-electron chi connectivity index (χ3n) is 4.57. The number of rotatable bonds is 4. The van der Waals surface area contributed by atoms with Gasteiger partial charge in [-0.2, -0.15) is 0 Å². The fourth-order valence-electron chi connectivity index (χ4n) is 3.30. The van der Waals surface area contributed by atoms with Crippen LogP contribution >= 0.6 is 0 Å². The second-order valence-corrected chi connectivity index (χ2v) is 6.18. The van der Waals surface area contributed by atoms with E-state index >= 15 is 0 Å². The number of aromatic nitrogens is 3. The van der Waals surface area contributed by atoms with E-state index in [4.69, 9.17) is 0 Å². The van der Waals surface area contributed by atoms with Crippen LogP contribution in [-0.2, 0) is 4.79 Å². The Morgan fingerprint density at radius 2 is 2.24 bits per heavy atom. The highest BCUT2D eigenvalue weighted by molar-refractivity contribution is 5.95. The number of carbonyl (C=O) groups is 1. The number of anilines is 1. The zero-order valence-electron chi connectivity index (χ0n) is 13.8. The van der Waals surface area contributed by atoms with Crippen LogP contribution in [0.25, 0.3) is 22.2 Å². The summed E-state index contributed by atoms with van der Waals surface area (Å²) in [4.78, 5) is 25.3. The zero-order valence-corrected chi connectivity index (χ0v) is 13.8. The summed E-state index contributed by atoms with van der Waals surface area (Å²) in [6.07, 6.45) is 9.66. The highest BCUT2D eigenvalue weighted by atomic mass is 16.2. The molecule has 0 radical (unpaired) electrons. The molecule has 0 aliphatic carbocycles. The standard InChI is InChI=1S/C19H19N5O/c1-2-18(25)24-8-5-14(12-24)23-15-9-16-17(11-22-19(16)21-10-15)13-3-6-20-7-4-13/h2-4,6-7,9-11,14,23H,1,5,8,12H2,(H,21,22)/t14-/m1/s1. The first-order chi connectivity index (χ1) is 12.2. The van der Waals surface area contributed by atoms with Gasteiger partial charge in [0.25, 0.3) is 0 Å². The normalized spacial score (nSPS) is 17.0. The molecular formula is C19H19N5O. The van der Waals surface area contributed by atoms with Gasteiger partial charge in [0, 0.05) is 48.7 Å². The van der Waals surface area contributed by atoms with Gasteiger partial charge >= 0.3 is 0 Å². The summed E-state index contributed by atoms with van der Waals surface area (Å²) in [5.41, 5.74) is 4.01. The molecule has 2 N–H and O–H groups in total. The highest BCUT2D eigenvalue weighted by Crippen LogP contribution is 2.29. The molecule has 0 spiro atoms. The quantitative estimate of drug-likeness (QED) is 0.720. The minimum absolute atomic E-state index is 0.0107. The molecule has 1 saturated heterocycles. The number of hydrogen-bond acceptors (Lipinski definition) is 4. The molecule has 1 aliphatic heterocycles. The summed E-state index contributed by atoms with van der Waals surface area (Å²) in [5.74, 6) is -0.0107. The number of likely N-dealkylation sites (tertiary alicyclic amines) is 1. The molecule has 4 heterocycles. The fourth-order valence-corrected chi connectivity index (χ4v) is 3.30. The predicted molar refractivity (Wildman–Crippen MR) is 98.1 cm³/mol. The smallest absolute Gasteiger partial charge is 0.246 e. The van der Waals surface area contributed by atoms with Crippen molar-refractivity contribution in [2.45, 2.75) is 12.5 Å². The zero-order chi connectivity index (χ0) is 17.2. The molecule has 1 aliphatic rings. The van der Waals surface area contributed by atoms with Gasteiger partial charge in [-0.1, -0.05) is 6.58 Å². The van der Waals surface area contributed by atoms with Crippen LogP contribution in [0.4, 0.5) is 5.69 Å². The number of aromatic amines is 1. The molecule has 4 rings (SSSR count). The number of nitrogens with zero attached hydrogens (tertiary/aromatic N) is 3. The van der Waals surface area contributed by atoms with Gasteiger partial charge in [0.15, 0.2) is 0 Å². The molecule has 6 nitrogen and oxygen atoms in total. The van der Waals surface area contributed by atoms with Gasteiger partial charge in [-0.25, -0.2) is 4.98 Å². The third-order valence-corrected chi connectivity index (χ3v) is 4.57. The van der Waals surface area contributed by atoms with Crippen molar-refractivity contribution in [1.82, 2.24) is 19.9 Å². The summed E-state index contributed by atoms with van der Waals surface area (Å²) < 4.78 is 0. The molecule has 0 saturated carbocycles. The lowest BCUT2D eigenvalue weighted by atomic mass is 10.1. The Morgan fingerprint density at radius 1 is 1.40 bits per heavy atom. The summed E-state index contributed by atoms with van der Waals surface area (Å²) in [7, 11) is 0. The number of nitrogens with one attached hydrogen (secondary N) is 2. The van der Waals surface area contributed by atoms with Gasteiger partial charge < -0.3 is 15.2 Å². The van der Waals surface area contributed by atoms with Crippen LogP contribution in [-0.4, -0.2) is 44.9 Å². The number of pyridine rings is 2. The van der Waals surface area contributed by atoms with Crippen LogP contribution in [0.2, 0.25) is 0 Å². The second-order valence-electron chi connectivity index (χ2n) is 6.18. The van der Waals surface area contributed by atoms with Gasteiger partial charge in [-0.05, 0) is 36.3 Å². The van der Waals surface area contributed by atoms with E-state index in [9.17, 15) is 4.79 Å². The Hall–Kier alpha value is -3.15. The minimum atomic E-state index is -0.0107. The summed E-state index contributed by atoms with van der Waals surface area (Å²) in [6.45, 7) is 4.99. The van der Waals surface area contributed by atoms with Crippen molar-refractivity contribution >= 4 is 22.6 Å². The van der Waals surface area contributed by atoms with E-state index in [1.807, 2.05) is 29.4 Å². The maximum Gasteiger partial charge on any atom is 0.246 e. The first kappa shape index (κ1) is 15.4. The Kier molecular flexibility index (Phi) is 3.93. The average molecular weight is 333 g/mol. The van der Waals surface area contributed by atoms with Crippen molar-refractivity contribution in [3.8, 4) is 11.1 Å². The summed E-state index contributed by atoms with van der Waals surface area (Å²) >= 11 is 0. The average Bonchev–Trinajstić information content (AvgIpc) is 3.28. The molecule has 126 valence electrons. The molecule has 1 amide bonds. The molecule has 0 aromatic carbocycles. The maximum absolute atomic E-state index is 11.7. The fraction of sp³-hybridized carbons (Fsp3) is 0.211. The molecule has 6 heteroatoms. The van der Waals surface area contributed by atoms with Crippen LogP contribution in [0.1, 0.15) is 6.42 Å².